The highest BCUT2D eigenvalue weighted by Gasteiger charge is 2.23. The molecule has 2 aliphatic heterocycles. The van der Waals surface area contributed by atoms with Gasteiger partial charge in [-0.15, -0.1) is 36.2 Å². The van der Waals surface area contributed by atoms with E-state index in [2.05, 4.69) is 39.9 Å². The maximum Gasteiger partial charge on any atom is 0.253 e. The summed E-state index contributed by atoms with van der Waals surface area (Å²) >= 11 is 1.80. The highest BCUT2D eigenvalue weighted by molar-refractivity contribution is 7.09. The number of amides is 1. The summed E-state index contributed by atoms with van der Waals surface area (Å²) in [5, 5.41) is 5.45. The Morgan fingerprint density at radius 2 is 1.80 bits per heavy atom. The zero-order chi connectivity index (χ0) is 15.6. The predicted molar refractivity (Wildman–Crippen MR) is 107 cm³/mol. The molecule has 0 atom stereocenters. The Balaban J connectivity index is 0.00000113. The summed E-state index contributed by atoms with van der Waals surface area (Å²) in [5.41, 5.74) is 3.42. The molecule has 0 aliphatic carbocycles. The molecule has 136 valence electrons. The van der Waals surface area contributed by atoms with E-state index in [1.807, 2.05) is 11.0 Å². The molecule has 0 saturated carbocycles. The molecule has 7 heteroatoms. The molecule has 2 aromatic rings. The second kappa shape index (κ2) is 9.01. The molecule has 25 heavy (non-hydrogen) atoms. The van der Waals surface area contributed by atoms with E-state index in [4.69, 9.17) is 0 Å². The minimum Gasteiger partial charge on any atom is -0.336 e. The minimum atomic E-state index is 0. The number of fused-ring (bicyclic) bond motifs is 1. The van der Waals surface area contributed by atoms with Crippen LogP contribution in [-0.4, -0.2) is 41.9 Å². The third kappa shape index (κ3) is 4.54. The number of halogens is 2. The lowest BCUT2D eigenvalue weighted by Gasteiger charge is -2.34. The fourth-order valence-corrected chi connectivity index (χ4v) is 4.09. The van der Waals surface area contributed by atoms with Crippen molar-refractivity contribution in [3.05, 3.63) is 57.3 Å². The van der Waals surface area contributed by atoms with Crippen molar-refractivity contribution in [1.29, 1.82) is 0 Å². The van der Waals surface area contributed by atoms with E-state index < -0.39 is 0 Å². The van der Waals surface area contributed by atoms with Gasteiger partial charge in [0.05, 0.1) is 0 Å². The third-order valence-electron chi connectivity index (χ3n) is 4.70. The van der Waals surface area contributed by atoms with Crippen LogP contribution in [0.4, 0.5) is 0 Å². The maximum atomic E-state index is 12.7. The third-order valence-corrected chi connectivity index (χ3v) is 5.56. The number of hydrogen-bond acceptors (Lipinski definition) is 4. The number of thiophene rings is 1. The number of benzene rings is 1. The lowest BCUT2D eigenvalue weighted by Crippen LogP contribution is -2.48. The van der Waals surface area contributed by atoms with Gasteiger partial charge in [0.15, 0.2) is 0 Å². The minimum absolute atomic E-state index is 0. The van der Waals surface area contributed by atoms with Crippen LogP contribution in [0.5, 0.6) is 0 Å². The zero-order valence-corrected chi connectivity index (χ0v) is 16.4. The molecule has 1 N–H and O–H groups in total. The van der Waals surface area contributed by atoms with E-state index in [0.29, 0.717) is 0 Å². The van der Waals surface area contributed by atoms with Crippen LogP contribution in [0.25, 0.3) is 0 Å². The lowest BCUT2D eigenvalue weighted by atomic mass is 10.1. The van der Waals surface area contributed by atoms with Crippen LogP contribution in [-0.2, 0) is 19.6 Å². The van der Waals surface area contributed by atoms with Gasteiger partial charge in [-0.3, -0.25) is 9.69 Å². The predicted octanol–water partition coefficient (Wildman–Crippen LogP) is 3.15. The van der Waals surface area contributed by atoms with Crippen molar-refractivity contribution in [3.63, 3.8) is 0 Å². The topological polar surface area (TPSA) is 35.6 Å². The van der Waals surface area contributed by atoms with Crippen LogP contribution in [0, 0.1) is 0 Å². The highest BCUT2D eigenvalue weighted by atomic mass is 35.5. The molecule has 1 aromatic carbocycles. The Labute approximate surface area is 165 Å². The lowest BCUT2D eigenvalue weighted by molar-refractivity contribution is 0.0629. The van der Waals surface area contributed by atoms with Gasteiger partial charge < -0.3 is 10.2 Å². The van der Waals surface area contributed by atoms with Crippen molar-refractivity contribution < 1.29 is 4.79 Å². The number of carbonyl (C=O) groups excluding carboxylic acids is 1. The van der Waals surface area contributed by atoms with Crippen LogP contribution in [0.1, 0.15) is 26.4 Å². The first kappa shape index (κ1) is 20.2. The van der Waals surface area contributed by atoms with E-state index in [9.17, 15) is 4.79 Å². The average molecular weight is 400 g/mol. The Morgan fingerprint density at radius 1 is 1.04 bits per heavy atom. The maximum absolute atomic E-state index is 12.7. The van der Waals surface area contributed by atoms with Crippen LogP contribution < -0.4 is 5.32 Å². The van der Waals surface area contributed by atoms with Gasteiger partial charge in [-0.05, 0) is 34.7 Å². The molecule has 3 heterocycles. The summed E-state index contributed by atoms with van der Waals surface area (Å²) in [6.07, 6.45) is 0. The molecule has 1 fully saturated rings. The Hall–Kier alpha value is -1.11. The van der Waals surface area contributed by atoms with Gasteiger partial charge in [-0.25, -0.2) is 0 Å². The van der Waals surface area contributed by atoms with E-state index >= 15 is 0 Å². The summed E-state index contributed by atoms with van der Waals surface area (Å²) in [7, 11) is 0. The second-order valence-corrected chi connectivity index (χ2v) is 7.27. The van der Waals surface area contributed by atoms with Gasteiger partial charge in [0.25, 0.3) is 5.91 Å². The van der Waals surface area contributed by atoms with Gasteiger partial charge in [-0.1, -0.05) is 12.1 Å². The van der Waals surface area contributed by atoms with Crippen LogP contribution >= 0.6 is 36.2 Å². The molecule has 0 unspecified atom stereocenters. The molecule has 2 aliphatic rings. The summed E-state index contributed by atoms with van der Waals surface area (Å²) in [5.74, 6) is 0.176. The van der Waals surface area contributed by atoms with Gasteiger partial charge in [0, 0.05) is 56.3 Å². The molecule has 0 bridgehead atoms. The molecule has 1 saturated heterocycles. The Kier molecular flexibility index (Phi) is 7.28. The summed E-state index contributed by atoms with van der Waals surface area (Å²) in [6.45, 7) is 6.35. The van der Waals surface area contributed by atoms with Crippen molar-refractivity contribution in [2.75, 3.05) is 26.2 Å². The van der Waals surface area contributed by atoms with Gasteiger partial charge in [0.1, 0.15) is 0 Å². The summed E-state index contributed by atoms with van der Waals surface area (Å²) in [6, 6.07) is 10.4. The SMILES string of the molecule is Cl.Cl.O=C(c1ccc2c(c1)CNC2)N1CCN(Cc2cccs2)CC1. The number of rotatable bonds is 3. The average Bonchev–Trinajstić information content (AvgIpc) is 3.25. The monoisotopic (exact) mass is 399 g/mol. The van der Waals surface area contributed by atoms with Crippen LogP contribution in [0.3, 0.4) is 0 Å². The Morgan fingerprint density at radius 3 is 2.52 bits per heavy atom. The molecule has 0 radical (unpaired) electrons. The molecule has 4 rings (SSSR count). The zero-order valence-electron chi connectivity index (χ0n) is 13.9. The second-order valence-electron chi connectivity index (χ2n) is 6.23. The van der Waals surface area contributed by atoms with Crippen molar-refractivity contribution in [2.45, 2.75) is 19.6 Å². The van der Waals surface area contributed by atoms with Crippen LogP contribution in [0.15, 0.2) is 35.7 Å². The van der Waals surface area contributed by atoms with Gasteiger partial charge in [0.2, 0.25) is 0 Å². The van der Waals surface area contributed by atoms with E-state index in [0.717, 1.165) is 51.4 Å². The summed E-state index contributed by atoms with van der Waals surface area (Å²) < 4.78 is 0. The molecule has 1 amide bonds. The number of nitrogens with zero attached hydrogens (tertiary/aromatic N) is 2. The van der Waals surface area contributed by atoms with E-state index in [1.54, 1.807) is 11.3 Å². The van der Waals surface area contributed by atoms with E-state index in [-0.39, 0.29) is 30.7 Å². The number of hydrogen-bond donors (Lipinski definition) is 1. The number of piperazine rings is 1. The first-order chi connectivity index (χ1) is 11.3. The standard InChI is InChI=1S/C18H21N3OS.2ClH/c22-18(14-3-4-15-11-19-12-16(15)10-14)21-7-5-20(6-8-21)13-17-2-1-9-23-17;;/h1-4,9-10,19H,5-8,11-13H2;2*1H. The van der Waals surface area contributed by atoms with E-state index in [1.165, 1.54) is 16.0 Å². The van der Waals surface area contributed by atoms with Gasteiger partial charge in [-0.2, -0.15) is 0 Å². The molecular formula is C18H23Cl2N3OS. The Bertz CT molecular complexity index is 700. The van der Waals surface area contributed by atoms with Crippen molar-refractivity contribution in [1.82, 2.24) is 15.1 Å². The van der Waals surface area contributed by atoms with Gasteiger partial charge >= 0.3 is 0 Å². The molecule has 0 spiro atoms. The summed E-state index contributed by atoms with van der Waals surface area (Å²) in [4.78, 5) is 18.5. The fourth-order valence-electron chi connectivity index (χ4n) is 3.34. The van der Waals surface area contributed by atoms with Crippen molar-refractivity contribution in [3.8, 4) is 0 Å². The molecular weight excluding hydrogens is 377 g/mol. The highest BCUT2D eigenvalue weighted by Crippen LogP contribution is 2.19. The fraction of sp³-hybridized carbons (Fsp3) is 0.389. The normalized spacial score (nSPS) is 16.7. The van der Waals surface area contributed by atoms with Crippen LogP contribution in [0.2, 0.25) is 0 Å². The van der Waals surface area contributed by atoms with Crippen molar-refractivity contribution in [2.24, 2.45) is 0 Å². The number of carbonyl (C=O) groups is 1. The first-order valence-electron chi connectivity index (χ1n) is 8.16. The largest absolute Gasteiger partial charge is 0.336 e. The molecule has 1 aromatic heterocycles. The smallest absolute Gasteiger partial charge is 0.253 e. The quantitative estimate of drug-likeness (QED) is 0.860. The first-order valence-corrected chi connectivity index (χ1v) is 9.04. The number of nitrogens with one attached hydrogen (secondary N) is 1. The molecule has 4 nitrogen and oxygen atoms in total. The van der Waals surface area contributed by atoms with Crippen molar-refractivity contribution >= 4 is 42.1 Å².